The first kappa shape index (κ1) is 15.3. The summed E-state index contributed by atoms with van der Waals surface area (Å²) in [4.78, 5) is 10.9. The first-order chi connectivity index (χ1) is 7.40. The van der Waals surface area contributed by atoms with E-state index in [2.05, 4.69) is 4.74 Å². The van der Waals surface area contributed by atoms with Crippen LogP contribution in [0.15, 0.2) is 0 Å². The molecule has 0 rings (SSSR count). The Kier molecular flexibility index (Phi) is 7.24. The molecule has 0 aromatic carbocycles. The molecule has 0 aliphatic carbocycles. The van der Waals surface area contributed by atoms with Crippen molar-refractivity contribution in [2.24, 2.45) is 0 Å². The van der Waals surface area contributed by atoms with Gasteiger partial charge in [0.25, 0.3) is 0 Å². The fourth-order valence-corrected chi connectivity index (χ4v) is 0.736. The largest absolute Gasteiger partial charge is 0.374 e. The van der Waals surface area contributed by atoms with Crippen molar-refractivity contribution in [3.8, 4) is 0 Å². The molecule has 0 unspecified atom stereocenters. The van der Waals surface area contributed by atoms with Crippen LogP contribution in [-0.2, 0) is 14.3 Å². The molecule has 0 aliphatic rings. The van der Waals surface area contributed by atoms with Gasteiger partial charge in [-0.1, -0.05) is 6.92 Å². The van der Waals surface area contributed by atoms with Gasteiger partial charge in [-0.2, -0.15) is 8.78 Å². The van der Waals surface area contributed by atoms with Crippen LogP contribution in [0.4, 0.5) is 17.6 Å². The van der Waals surface area contributed by atoms with E-state index in [-0.39, 0.29) is 6.61 Å². The zero-order chi connectivity index (χ0) is 12.6. The monoisotopic (exact) mass is 246 g/mol. The van der Waals surface area contributed by atoms with Crippen LogP contribution >= 0.6 is 0 Å². The van der Waals surface area contributed by atoms with E-state index in [1.807, 2.05) is 6.92 Å². The highest BCUT2D eigenvalue weighted by Gasteiger charge is 2.41. The molecule has 0 bridgehead atoms. The quantitative estimate of drug-likeness (QED) is 0.460. The van der Waals surface area contributed by atoms with Crippen LogP contribution < -0.4 is 0 Å². The fourth-order valence-electron chi connectivity index (χ4n) is 0.736. The van der Waals surface area contributed by atoms with Gasteiger partial charge in [0.15, 0.2) is 5.78 Å². The number of carbonyl (C=O) groups excluding carboxylic acids is 1. The molecule has 0 saturated heterocycles. The molecular weight excluding hydrogens is 232 g/mol. The first-order valence-corrected chi connectivity index (χ1v) is 4.73. The van der Waals surface area contributed by atoms with E-state index in [1.54, 1.807) is 0 Å². The SMILES string of the molecule is CCCOCC(=O)COCC(F)(F)C(F)F. The third-order valence-corrected chi connectivity index (χ3v) is 1.49. The lowest BCUT2D eigenvalue weighted by atomic mass is 10.4. The summed E-state index contributed by atoms with van der Waals surface area (Å²) < 4.78 is 56.9. The van der Waals surface area contributed by atoms with Gasteiger partial charge in [-0.05, 0) is 6.42 Å². The topological polar surface area (TPSA) is 35.5 Å². The molecule has 0 fully saturated rings. The zero-order valence-corrected chi connectivity index (χ0v) is 8.85. The second kappa shape index (κ2) is 7.56. The molecule has 0 spiro atoms. The molecule has 0 aromatic rings. The molecule has 0 saturated carbocycles. The average Bonchev–Trinajstić information content (AvgIpc) is 2.17. The molecule has 0 aliphatic heterocycles. The lowest BCUT2D eigenvalue weighted by Gasteiger charge is -2.14. The predicted molar refractivity (Wildman–Crippen MR) is 47.9 cm³/mol. The zero-order valence-electron chi connectivity index (χ0n) is 8.85. The highest BCUT2D eigenvalue weighted by Crippen LogP contribution is 2.22. The number of hydrogen-bond acceptors (Lipinski definition) is 3. The Hall–Kier alpha value is -0.690. The van der Waals surface area contributed by atoms with Gasteiger partial charge in [0.2, 0.25) is 0 Å². The van der Waals surface area contributed by atoms with Crippen molar-refractivity contribution in [3.05, 3.63) is 0 Å². The minimum absolute atomic E-state index is 0.256. The van der Waals surface area contributed by atoms with Gasteiger partial charge >= 0.3 is 12.3 Å². The lowest BCUT2D eigenvalue weighted by Crippen LogP contribution is -2.33. The summed E-state index contributed by atoms with van der Waals surface area (Å²) in [6.45, 7) is -0.159. The summed E-state index contributed by atoms with van der Waals surface area (Å²) in [5.74, 6) is -4.77. The van der Waals surface area contributed by atoms with Crippen LogP contribution in [0.2, 0.25) is 0 Å². The lowest BCUT2D eigenvalue weighted by molar-refractivity contribution is -0.168. The van der Waals surface area contributed by atoms with Crippen LogP contribution in [-0.4, -0.2) is 44.6 Å². The molecule has 16 heavy (non-hydrogen) atoms. The van der Waals surface area contributed by atoms with E-state index in [1.165, 1.54) is 0 Å². The van der Waals surface area contributed by atoms with Crippen molar-refractivity contribution < 1.29 is 31.8 Å². The average molecular weight is 246 g/mol. The van der Waals surface area contributed by atoms with Crippen molar-refractivity contribution in [1.82, 2.24) is 0 Å². The van der Waals surface area contributed by atoms with Gasteiger partial charge in [-0.15, -0.1) is 0 Å². The van der Waals surface area contributed by atoms with Crippen molar-refractivity contribution in [2.45, 2.75) is 25.7 Å². The maximum absolute atomic E-state index is 12.3. The Balaban J connectivity index is 3.61. The number of rotatable bonds is 9. The molecule has 0 atom stereocenters. The van der Waals surface area contributed by atoms with Gasteiger partial charge in [-0.3, -0.25) is 4.79 Å². The predicted octanol–water partition coefficient (Wildman–Crippen LogP) is 1.90. The molecule has 7 heteroatoms. The van der Waals surface area contributed by atoms with Crippen LogP contribution in [0.3, 0.4) is 0 Å². The third-order valence-electron chi connectivity index (χ3n) is 1.49. The maximum Gasteiger partial charge on any atom is 0.330 e. The van der Waals surface area contributed by atoms with E-state index in [4.69, 9.17) is 4.74 Å². The normalized spacial score (nSPS) is 12.1. The molecule has 0 radical (unpaired) electrons. The van der Waals surface area contributed by atoms with Crippen molar-refractivity contribution in [2.75, 3.05) is 26.4 Å². The van der Waals surface area contributed by atoms with Crippen LogP contribution in [0.5, 0.6) is 0 Å². The van der Waals surface area contributed by atoms with Crippen molar-refractivity contribution >= 4 is 5.78 Å². The first-order valence-electron chi connectivity index (χ1n) is 4.73. The Morgan fingerprint density at radius 1 is 1.25 bits per heavy atom. The standard InChI is InChI=1S/C9H14F4O3/c1-2-3-15-4-7(14)5-16-6-9(12,13)8(10)11/h8H,2-6H2,1H3. The second-order valence-electron chi connectivity index (χ2n) is 3.15. The number of ketones is 1. The summed E-state index contributed by atoms with van der Waals surface area (Å²) in [5.41, 5.74) is 0. The van der Waals surface area contributed by atoms with E-state index >= 15 is 0 Å². The Morgan fingerprint density at radius 2 is 1.81 bits per heavy atom. The van der Waals surface area contributed by atoms with Crippen LogP contribution in [0.25, 0.3) is 0 Å². The van der Waals surface area contributed by atoms with E-state index in [0.717, 1.165) is 6.42 Å². The number of Topliss-reactive ketones (excluding diaryl/α,β-unsaturated/α-hetero) is 1. The minimum atomic E-state index is -4.22. The smallest absolute Gasteiger partial charge is 0.330 e. The fraction of sp³-hybridized carbons (Fsp3) is 0.889. The Bertz CT molecular complexity index is 209. The number of hydrogen-bond donors (Lipinski definition) is 0. The van der Waals surface area contributed by atoms with Gasteiger partial charge in [-0.25, -0.2) is 8.78 Å². The molecule has 0 aromatic heterocycles. The van der Waals surface area contributed by atoms with Crippen LogP contribution in [0.1, 0.15) is 13.3 Å². The summed E-state index contributed by atoms with van der Waals surface area (Å²) in [6, 6.07) is 0. The van der Waals surface area contributed by atoms with Gasteiger partial charge in [0.05, 0.1) is 0 Å². The number of carbonyl (C=O) groups is 1. The summed E-state index contributed by atoms with van der Waals surface area (Å²) >= 11 is 0. The molecular formula is C9H14F4O3. The number of halogens is 4. The van der Waals surface area contributed by atoms with Crippen LogP contribution in [0, 0.1) is 0 Å². The summed E-state index contributed by atoms with van der Waals surface area (Å²) in [6.07, 6.45) is -3.07. The van der Waals surface area contributed by atoms with Gasteiger partial charge in [0.1, 0.15) is 19.8 Å². The molecule has 96 valence electrons. The Labute approximate surface area is 90.7 Å². The molecule has 3 nitrogen and oxygen atoms in total. The van der Waals surface area contributed by atoms with Gasteiger partial charge < -0.3 is 9.47 Å². The number of alkyl halides is 4. The molecule has 0 amide bonds. The second-order valence-corrected chi connectivity index (χ2v) is 3.15. The minimum Gasteiger partial charge on any atom is -0.374 e. The summed E-state index contributed by atoms with van der Waals surface area (Å²) in [5, 5.41) is 0. The maximum atomic E-state index is 12.3. The van der Waals surface area contributed by atoms with Gasteiger partial charge in [0, 0.05) is 6.61 Å². The van der Waals surface area contributed by atoms with Crippen molar-refractivity contribution in [3.63, 3.8) is 0 Å². The van der Waals surface area contributed by atoms with E-state index in [9.17, 15) is 22.4 Å². The third kappa shape index (κ3) is 6.73. The number of ether oxygens (including phenoxy) is 2. The van der Waals surface area contributed by atoms with E-state index < -0.39 is 31.3 Å². The highest BCUT2D eigenvalue weighted by atomic mass is 19.3. The molecule has 0 heterocycles. The van der Waals surface area contributed by atoms with E-state index in [0.29, 0.717) is 6.61 Å². The Morgan fingerprint density at radius 3 is 2.31 bits per heavy atom. The van der Waals surface area contributed by atoms with Crippen molar-refractivity contribution in [1.29, 1.82) is 0 Å². The molecule has 0 N–H and O–H groups in total. The summed E-state index contributed by atoms with van der Waals surface area (Å²) in [7, 11) is 0. The highest BCUT2D eigenvalue weighted by molar-refractivity contribution is 5.80.